The van der Waals surface area contributed by atoms with Crippen LogP contribution in [0.1, 0.15) is 29.0 Å². The lowest BCUT2D eigenvalue weighted by molar-refractivity contribution is 0.102. The maximum atomic E-state index is 12.2. The molecule has 1 aliphatic rings. The van der Waals surface area contributed by atoms with E-state index in [0.29, 0.717) is 23.6 Å². The van der Waals surface area contributed by atoms with Gasteiger partial charge in [0.2, 0.25) is 0 Å². The summed E-state index contributed by atoms with van der Waals surface area (Å²) in [5.41, 5.74) is 2.41. The van der Waals surface area contributed by atoms with Gasteiger partial charge in [-0.15, -0.1) is 0 Å². The molecule has 1 aromatic carbocycles. The summed E-state index contributed by atoms with van der Waals surface area (Å²) in [5.74, 6) is -0.274. The molecule has 0 spiro atoms. The molecular formula is C19H22N4O3. The third-order valence-corrected chi connectivity index (χ3v) is 4.04. The van der Waals surface area contributed by atoms with Crippen LogP contribution in [0.15, 0.2) is 42.5 Å². The van der Waals surface area contributed by atoms with Crippen LogP contribution >= 0.6 is 0 Å². The smallest absolute Gasteiger partial charge is 0.319 e. The fourth-order valence-corrected chi connectivity index (χ4v) is 2.69. The van der Waals surface area contributed by atoms with Crippen molar-refractivity contribution in [2.75, 3.05) is 23.8 Å². The van der Waals surface area contributed by atoms with Crippen LogP contribution in [0.3, 0.4) is 0 Å². The van der Waals surface area contributed by atoms with Crippen LogP contribution in [0.25, 0.3) is 0 Å². The fraction of sp³-hybridized carbons (Fsp3) is 0.316. The number of anilines is 2. The minimum atomic E-state index is -0.277. The predicted molar refractivity (Wildman–Crippen MR) is 99.4 cm³/mol. The van der Waals surface area contributed by atoms with Gasteiger partial charge in [0.25, 0.3) is 5.91 Å². The molecular weight excluding hydrogens is 332 g/mol. The van der Waals surface area contributed by atoms with Gasteiger partial charge in [0, 0.05) is 30.2 Å². The summed E-state index contributed by atoms with van der Waals surface area (Å²) in [4.78, 5) is 28.3. The first-order valence-electron chi connectivity index (χ1n) is 8.62. The van der Waals surface area contributed by atoms with Gasteiger partial charge in [-0.25, -0.2) is 9.78 Å². The van der Waals surface area contributed by atoms with Crippen LogP contribution in [0, 0.1) is 6.92 Å². The van der Waals surface area contributed by atoms with E-state index in [1.165, 1.54) is 0 Å². The zero-order valence-corrected chi connectivity index (χ0v) is 14.6. The van der Waals surface area contributed by atoms with E-state index in [2.05, 4.69) is 20.9 Å². The summed E-state index contributed by atoms with van der Waals surface area (Å²) >= 11 is 0. The van der Waals surface area contributed by atoms with Crippen molar-refractivity contribution in [2.24, 2.45) is 0 Å². The summed E-state index contributed by atoms with van der Waals surface area (Å²) in [7, 11) is 0. The molecule has 0 bridgehead atoms. The molecule has 1 aromatic heterocycles. The summed E-state index contributed by atoms with van der Waals surface area (Å²) in [6, 6.07) is 11.9. The number of benzene rings is 1. The maximum absolute atomic E-state index is 12.2. The third kappa shape index (κ3) is 5.03. The first-order chi connectivity index (χ1) is 12.6. The first kappa shape index (κ1) is 17.9. The van der Waals surface area contributed by atoms with Gasteiger partial charge in [0.05, 0.1) is 6.10 Å². The largest absolute Gasteiger partial charge is 0.376 e. The van der Waals surface area contributed by atoms with Gasteiger partial charge in [-0.1, -0.05) is 6.07 Å². The number of amides is 3. The molecule has 2 heterocycles. The second-order valence-corrected chi connectivity index (χ2v) is 6.17. The van der Waals surface area contributed by atoms with Crippen LogP contribution in [0.2, 0.25) is 0 Å². The van der Waals surface area contributed by atoms with Gasteiger partial charge in [-0.3, -0.25) is 4.79 Å². The van der Waals surface area contributed by atoms with E-state index < -0.39 is 0 Å². The Morgan fingerprint density at radius 2 is 1.85 bits per heavy atom. The average Bonchev–Trinajstić information content (AvgIpc) is 3.15. The highest BCUT2D eigenvalue weighted by Crippen LogP contribution is 2.15. The topological polar surface area (TPSA) is 92.4 Å². The van der Waals surface area contributed by atoms with Crippen molar-refractivity contribution >= 4 is 23.3 Å². The summed E-state index contributed by atoms with van der Waals surface area (Å²) < 4.78 is 5.46. The van der Waals surface area contributed by atoms with Crippen LogP contribution in [0.5, 0.6) is 0 Å². The number of carbonyl (C=O) groups is 2. The third-order valence-electron chi connectivity index (χ3n) is 4.04. The Hall–Kier alpha value is -2.93. The van der Waals surface area contributed by atoms with Crippen LogP contribution in [-0.2, 0) is 4.74 Å². The Kier molecular flexibility index (Phi) is 5.80. The molecule has 136 valence electrons. The van der Waals surface area contributed by atoms with E-state index in [9.17, 15) is 9.59 Å². The van der Waals surface area contributed by atoms with E-state index >= 15 is 0 Å². The molecule has 1 saturated heterocycles. The highest BCUT2D eigenvalue weighted by molar-refractivity contribution is 6.03. The minimum Gasteiger partial charge on any atom is -0.376 e. The number of carbonyl (C=O) groups excluding carboxylic acids is 2. The monoisotopic (exact) mass is 354 g/mol. The number of nitrogens with one attached hydrogen (secondary N) is 3. The lowest BCUT2D eigenvalue weighted by atomic mass is 10.2. The first-order valence-corrected chi connectivity index (χ1v) is 8.62. The zero-order valence-electron chi connectivity index (χ0n) is 14.6. The molecule has 7 nitrogen and oxygen atoms in total. The van der Waals surface area contributed by atoms with Crippen LogP contribution < -0.4 is 16.0 Å². The molecule has 0 aliphatic carbocycles. The summed E-state index contributed by atoms with van der Waals surface area (Å²) in [5, 5.41) is 8.33. The number of pyridine rings is 1. The summed E-state index contributed by atoms with van der Waals surface area (Å²) in [6.45, 7) is 3.10. The van der Waals surface area contributed by atoms with Gasteiger partial charge in [0.15, 0.2) is 0 Å². The molecule has 1 unspecified atom stereocenters. The highest BCUT2D eigenvalue weighted by atomic mass is 16.5. The Labute approximate surface area is 152 Å². The van der Waals surface area contributed by atoms with E-state index in [0.717, 1.165) is 25.1 Å². The number of nitrogens with zero attached hydrogens (tertiary/aromatic N) is 1. The van der Waals surface area contributed by atoms with E-state index in [-0.39, 0.29) is 18.0 Å². The van der Waals surface area contributed by atoms with Gasteiger partial charge < -0.3 is 20.7 Å². The molecule has 1 fully saturated rings. The van der Waals surface area contributed by atoms with Crippen molar-refractivity contribution in [3.63, 3.8) is 0 Å². The number of urea groups is 1. The molecule has 2 aromatic rings. The fourth-order valence-electron chi connectivity index (χ4n) is 2.69. The Morgan fingerprint density at radius 1 is 1.12 bits per heavy atom. The standard InChI is InChI=1S/C19H22N4O3/c1-13-4-2-6-17(21-13)18(24)22-14-7-9-15(10-8-14)23-19(25)20-12-16-5-3-11-26-16/h2,4,6-10,16H,3,5,11-12H2,1H3,(H,22,24)(H2,20,23,25). The van der Waals surface area contributed by atoms with E-state index in [4.69, 9.17) is 4.74 Å². The summed E-state index contributed by atoms with van der Waals surface area (Å²) in [6.07, 6.45) is 2.12. The van der Waals surface area contributed by atoms with E-state index in [1.54, 1.807) is 36.4 Å². The minimum absolute atomic E-state index is 0.105. The predicted octanol–water partition coefficient (Wildman–Crippen LogP) is 2.94. The molecule has 3 rings (SSSR count). The molecule has 7 heteroatoms. The molecule has 3 N–H and O–H groups in total. The highest BCUT2D eigenvalue weighted by Gasteiger charge is 2.16. The van der Waals surface area contributed by atoms with Crippen LogP contribution in [-0.4, -0.2) is 36.2 Å². The number of aromatic nitrogens is 1. The van der Waals surface area contributed by atoms with Crippen molar-refractivity contribution in [3.05, 3.63) is 53.9 Å². The zero-order chi connectivity index (χ0) is 18.4. The van der Waals surface area contributed by atoms with Crippen LogP contribution in [0.4, 0.5) is 16.2 Å². The maximum Gasteiger partial charge on any atom is 0.319 e. The van der Waals surface area contributed by atoms with Crippen molar-refractivity contribution in [2.45, 2.75) is 25.9 Å². The quantitative estimate of drug-likeness (QED) is 0.770. The molecule has 1 aliphatic heterocycles. The number of aryl methyl sites for hydroxylation is 1. The normalized spacial score (nSPS) is 16.1. The van der Waals surface area contributed by atoms with Gasteiger partial charge in [0.1, 0.15) is 5.69 Å². The molecule has 1 atom stereocenters. The Balaban J connectivity index is 1.49. The second-order valence-electron chi connectivity index (χ2n) is 6.17. The van der Waals surface area contributed by atoms with Crippen molar-refractivity contribution < 1.29 is 14.3 Å². The lowest BCUT2D eigenvalue weighted by Gasteiger charge is -2.12. The van der Waals surface area contributed by atoms with Crippen molar-refractivity contribution in [1.82, 2.24) is 10.3 Å². The molecule has 26 heavy (non-hydrogen) atoms. The number of rotatable bonds is 5. The number of hydrogen-bond donors (Lipinski definition) is 3. The number of ether oxygens (including phenoxy) is 1. The van der Waals surface area contributed by atoms with E-state index in [1.807, 2.05) is 13.0 Å². The van der Waals surface area contributed by atoms with Crippen molar-refractivity contribution in [3.8, 4) is 0 Å². The number of hydrogen-bond acceptors (Lipinski definition) is 4. The molecule has 3 amide bonds. The molecule has 0 saturated carbocycles. The second kappa shape index (κ2) is 8.44. The average molecular weight is 354 g/mol. The Morgan fingerprint density at radius 3 is 2.50 bits per heavy atom. The van der Waals surface area contributed by atoms with Gasteiger partial charge in [-0.05, 0) is 56.2 Å². The SMILES string of the molecule is Cc1cccc(C(=O)Nc2ccc(NC(=O)NCC3CCCO3)cc2)n1. The Bertz CT molecular complexity index is 771. The molecule has 0 radical (unpaired) electrons. The van der Waals surface area contributed by atoms with Crippen molar-refractivity contribution in [1.29, 1.82) is 0 Å². The van der Waals surface area contributed by atoms with Gasteiger partial charge in [-0.2, -0.15) is 0 Å². The van der Waals surface area contributed by atoms with Gasteiger partial charge >= 0.3 is 6.03 Å². The lowest BCUT2D eigenvalue weighted by Crippen LogP contribution is -2.35.